The van der Waals surface area contributed by atoms with Crippen LogP contribution < -0.4 is 5.43 Å². The van der Waals surface area contributed by atoms with Crippen molar-refractivity contribution in [3.63, 3.8) is 0 Å². The van der Waals surface area contributed by atoms with E-state index >= 15 is 0 Å². The predicted molar refractivity (Wildman–Crippen MR) is 115 cm³/mol. The Morgan fingerprint density at radius 3 is 2.70 bits per heavy atom. The quantitative estimate of drug-likeness (QED) is 0.307. The molecule has 3 aromatic rings. The van der Waals surface area contributed by atoms with Crippen LogP contribution in [-0.4, -0.2) is 32.6 Å². The molecule has 0 unspecified atom stereocenters. The van der Waals surface area contributed by atoms with Crippen molar-refractivity contribution in [3.05, 3.63) is 63.0 Å². The van der Waals surface area contributed by atoms with Crippen molar-refractivity contribution < 1.29 is 4.79 Å². The average molecular weight is 509 g/mol. The van der Waals surface area contributed by atoms with Gasteiger partial charge in [-0.25, -0.2) is 5.43 Å². The number of halogens is 2. The lowest BCUT2D eigenvalue weighted by Crippen LogP contribution is -2.19. The average Bonchev–Trinajstić information content (AvgIpc) is 3.02. The minimum absolute atomic E-state index is 0.197. The van der Waals surface area contributed by atoms with Crippen molar-refractivity contribution in [2.45, 2.75) is 5.16 Å². The molecule has 0 aliphatic rings. The Morgan fingerprint density at radius 2 is 1.96 bits per heavy atom. The largest absolute Gasteiger partial charge is 0.305 e. The van der Waals surface area contributed by atoms with Crippen molar-refractivity contribution in [1.82, 2.24) is 20.2 Å². The van der Waals surface area contributed by atoms with Crippen LogP contribution in [0.3, 0.4) is 0 Å². The van der Waals surface area contributed by atoms with E-state index in [4.69, 9.17) is 0 Å². The van der Waals surface area contributed by atoms with Crippen molar-refractivity contribution in [2.75, 3.05) is 5.75 Å². The lowest BCUT2D eigenvalue weighted by Gasteiger charge is -2.04. The molecule has 27 heavy (non-hydrogen) atoms. The minimum atomic E-state index is -0.208. The molecule has 138 valence electrons. The molecule has 2 aromatic carbocycles. The molecular formula is C18H15Br2N5OS. The van der Waals surface area contributed by atoms with E-state index in [1.165, 1.54) is 11.8 Å². The first kappa shape index (κ1) is 19.8. The van der Waals surface area contributed by atoms with Crippen molar-refractivity contribution >= 4 is 55.7 Å². The molecule has 1 heterocycles. The Hall–Kier alpha value is -1.97. The molecule has 0 aliphatic heterocycles. The van der Waals surface area contributed by atoms with Gasteiger partial charge in [-0.15, -0.1) is 10.2 Å². The number of rotatable bonds is 6. The van der Waals surface area contributed by atoms with Gasteiger partial charge in [-0.2, -0.15) is 5.10 Å². The van der Waals surface area contributed by atoms with Crippen molar-refractivity contribution in [1.29, 1.82) is 0 Å². The monoisotopic (exact) mass is 507 g/mol. The highest BCUT2D eigenvalue weighted by atomic mass is 79.9. The third-order valence-corrected chi connectivity index (χ3v) is 5.57. The van der Waals surface area contributed by atoms with E-state index in [9.17, 15) is 4.79 Å². The lowest BCUT2D eigenvalue weighted by atomic mass is 10.2. The molecule has 1 N–H and O–H groups in total. The summed E-state index contributed by atoms with van der Waals surface area (Å²) in [7, 11) is 1.88. The number of hydrazone groups is 1. The second-order valence-corrected chi connectivity index (χ2v) is 8.28. The summed E-state index contributed by atoms with van der Waals surface area (Å²) in [6, 6.07) is 15.5. The standard InChI is InChI=1S/C18H15Br2N5OS/c1-25-17(13-3-2-4-15(20)9-13)23-24-18(25)27-11-16(26)22-21-10-12-5-7-14(19)8-6-12/h2-10H,11H2,1H3,(H,22,26). The number of carbonyl (C=O) groups is 1. The highest BCUT2D eigenvalue weighted by Crippen LogP contribution is 2.24. The molecule has 0 radical (unpaired) electrons. The molecule has 9 heteroatoms. The molecule has 0 atom stereocenters. The minimum Gasteiger partial charge on any atom is -0.305 e. The molecule has 0 bridgehead atoms. The van der Waals surface area contributed by atoms with E-state index in [1.807, 2.05) is 60.1 Å². The van der Waals surface area contributed by atoms with E-state index in [1.54, 1.807) is 6.21 Å². The number of amides is 1. The first-order valence-electron chi connectivity index (χ1n) is 7.88. The number of thioether (sulfide) groups is 1. The zero-order valence-electron chi connectivity index (χ0n) is 14.3. The number of carbonyl (C=O) groups excluding carboxylic acids is 1. The Labute approximate surface area is 177 Å². The summed E-state index contributed by atoms with van der Waals surface area (Å²) in [4.78, 5) is 12.0. The number of hydrogen-bond acceptors (Lipinski definition) is 5. The Balaban J connectivity index is 1.55. The summed E-state index contributed by atoms with van der Waals surface area (Å²) in [5, 5.41) is 13.0. The summed E-state index contributed by atoms with van der Waals surface area (Å²) in [5.41, 5.74) is 4.37. The van der Waals surface area contributed by atoms with Crippen LogP contribution in [0, 0.1) is 0 Å². The zero-order valence-corrected chi connectivity index (χ0v) is 18.3. The first-order valence-corrected chi connectivity index (χ1v) is 10.5. The van der Waals surface area contributed by atoms with E-state index < -0.39 is 0 Å². The van der Waals surface area contributed by atoms with Gasteiger partial charge >= 0.3 is 0 Å². The van der Waals surface area contributed by atoms with Gasteiger partial charge in [-0.1, -0.05) is 67.9 Å². The molecule has 0 fully saturated rings. The topological polar surface area (TPSA) is 72.2 Å². The SMILES string of the molecule is Cn1c(SCC(=O)NN=Cc2ccc(Br)cc2)nnc1-c1cccc(Br)c1. The van der Waals surface area contributed by atoms with E-state index in [0.717, 1.165) is 25.9 Å². The maximum Gasteiger partial charge on any atom is 0.250 e. The number of hydrogen-bond donors (Lipinski definition) is 1. The second kappa shape index (κ2) is 9.29. The zero-order chi connectivity index (χ0) is 19.2. The Kier molecular flexibility index (Phi) is 6.81. The van der Waals surface area contributed by atoms with E-state index in [-0.39, 0.29) is 11.7 Å². The van der Waals surface area contributed by atoms with Gasteiger partial charge in [-0.3, -0.25) is 4.79 Å². The van der Waals surface area contributed by atoms with Gasteiger partial charge in [0.1, 0.15) is 0 Å². The van der Waals surface area contributed by atoms with Crippen LogP contribution in [0.15, 0.2) is 67.7 Å². The normalized spacial score (nSPS) is 11.1. The van der Waals surface area contributed by atoms with Crippen LogP contribution in [0.2, 0.25) is 0 Å². The van der Waals surface area contributed by atoms with Crippen LogP contribution in [0.5, 0.6) is 0 Å². The van der Waals surface area contributed by atoms with E-state index in [0.29, 0.717) is 5.16 Å². The Bertz CT molecular complexity index is 972. The first-order chi connectivity index (χ1) is 13.0. The van der Waals surface area contributed by atoms with Gasteiger partial charge in [0, 0.05) is 21.6 Å². The molecule has 6 nitrogen and oxygen atoms in total. The molecule has 0 saturated carbocycles. The van der Waals surface area contributed by atoms with Crippen LogP contribution in [0.25, 0.3) is 11.4 Å². The lowest BCUT2D eigenvalue weighted by molar-refractivity contribution is -0.118. The van der Waals surface area contributed by atoms with Crippen LogP contribution >= 0.6 is 43.6 Å². The van der Waals surface area contributed by atoms with Gasteiger partial charge in [0.25, 0.3) is 5.91 Å². The van der Waals surface area contributed by atoms with Gasteiger partial charge in [-0.05, 0) is 29.8 Å². The maximum absolute atomic E-state index is 12.0. The molecule has 1 aromatic heterocycles. The van der Waals surface area contributed by atoms with Crippen LogP contribution in [0.1, 0.15) is 5.56 Å². The molecule has 0 saturated heterocycles. The second-order valence-electron chi connectivity index (χ2n) is 5.51. The summed E-state index contributed by atoms with van der Waals surface area (Å²) in [6.45, 7) is 0. The van der Waals surface area contributed by atoms with Gasteiger partial charge in [0.15, 0.2) is 11.0 Å². The number of nitrogens with zero attached hydrogens (tertiary/aromatic N) is 4. The predicted octanol–water partition coefficient (Wildman–Crippen LogP) is 4.25. The summed E-state index contributed by atoms with van der Waals surface area (Å²) in [6.07, 6.45) is 1.60. The van der Waals surface area contributed by atoms with Gasteiger partial charge in [0.2, 0.25) is 0 Å². The molecule has 0 aliphatic carbocycles. The molecule has 1 amide bonds. The van der Waals surface area contributed by atoms with Gasteiger partial charge < -0.3 is 4.57 Å². The Morgan fingerprint density at radius 1 is 1.19 bits per heavy atom. The maximum atomic E-state index is 12.0. The van der Waals surface area contributed by atoms with Crippen LogP contribution in [0.4, 0.5) is 0 Å². The van der Waals surface area contributed by atoms with E-state index in [2.05, 4.69) is 52.6 Å². The van der Waals surface area contributed by atoms with Gasteiger partial charge in [0.05, 0.1) is 12.0 Å². The van der Waals surface area contributed by atoms with Crippen LogP contribution in [-0.2, 0) is 11.8 Å². The fourth-order valence-corrected chi connectivity index (χ4v) is 3.58. The third-order valence-electron chi connectivity index (χ3n) is 3.52. The summed E-state index contributed by atoms with van der Waals surface area (Å²) >= 11 is 8.14. The van der Waals surface area contributed by atoms with Crippen molar-refractivity contribution in [2.24, 2.45) is 12.1 Å². The summed E-state index contributed by atoms with van der Waals surface area (Å²) < 4.78 is 3.83. The van der Waals surface area contributed by atoms with Crippen molar-refractivity contribution in [3.8, 4) is 11.4 Å². The number of nitrogens with one attached hydrogen (secondary N) is 1. The molecule has 3 rings (SSSR count). The number of aromatic nitrogens is 3. The highest BCUT2D eigenvalue weighted by Gasteiger charge is 2.13. The fraction of sp³-hybridized carbons (Fsp3) is 0.111. The highest BCUT2D eigenvalue weighted by molar-refractivity contribution is 9.10. The molecular weight excluding hydrogens is 494 g/mol. The smallest absolute Gasteiger partial charge is 0.250 e. The summed E-state index contributed by atoms with van der Waals surface area (Å²) in [5.74, 6) is 0.732. The third kappa shape index (κ3) is 5.50. The number of benzene rings is 2. The fourth-order valence-electron chi connectivity index (χ4n) is 2.21. The molecule has 0 spiro atoms.